The average Bonchev–Trinajstić information content (AvgIpc) is 2.82. The molecule has 0 spiro atoms. The minimum Gasteiger partial charge on any atom is -0.380 e. The molecule has 1 saturated carbocycles. The molecule has 1 rings (SSSR count). The Kier molecular flexibility index (Phi) is 6.41. The smallest absolute Gasteiger partial charge is 0.0651 e. The third-order valence-corrected chi connectivity index (χ3v) is 4.20. The lowest BCUT2D eigenvalue weighted by Crippen LogP contribution is -2.63. The summed E-state index contributed by atoms with van der Waals surface area (Å²) in [6.45, 7) is 10.1. The highest BCUT2D eigenvalue weighted by Gasteiger charge is 2.44. The fraction of sp³-hybridized carbons (Fsp3) is 1.00. The number of hydrogen-bond acceptors (Lipinski definition) is 4. The number of ether oxygens (including phenoxy) is 1. The second-order valence-corrected chi connectivity index (χ2v) is 4.86. The maximum Gasteiger partial charge on any atom is 0.0651 e. The SMILES string of the molecule is CCOCC(NN)C1(N(CC)CC)CCCC1. The van der Waals surface area contributed by atoms with Crippen LogP contribution in [0.1, 0.15) is 46.5 Å². The van der Waals surface area contributed by atoms with E-state index in [-0.39, 0.29) is 11.6 Å². The molecule has 1 atom stereocenters. The number of nitrogens with one attached hydrogen (secondary N) is 1. The molecule has 0 bridgehead atoms. The number of rotatable bonds is 8. The Bertz CT molecular complexity index is 201. The molecule has 0 heterocycles. The fourth-order valence-electron chi connectivity index (χ4n) is 3.32. The first-order chi connectivity index (χ1) is 8.25. The Labute approximate surface area is 106 Å². The van der Waals surface area contributed by atoms with E-state index in [2.05, 4.69) is 24.2 Å². The van der Waals surface area contributed by atoms with E-state index in [4.69, 9.17) is 10.6 Å². The van der Waals surface area contributed by atoms with Crippen LogP contribution in [0.15, 0.2) is 0 Å². The summed E-state index contributed by atoms with van der Waals surface area (Å²) in [5.74, 6) is 5.77. The minimum absolute atomic E-state index is 0.202. The van der Waals surface area contributed by atoms with Gasteiger partial charge in [-0.2, -0.15) is 0 Å². The van der Waals surface area contributed by atoms with E-state index in [1.807, 2.05) is 6.92 Å². The van der Waals surface area contributed by atoms with Gasteiger partial charge in [-0.05, 0) is 32.9 Å². The third-order valence-electron chi connectivity index (χ3n) is 4.20. The van der Waals surface area contributed by atoms with Crippen molar-refractivity contribution in [2.75, 3.05) is 26.3 Å². The number of hydrazine groups is 1. The van der Waals surface area contributed by atoms with Gasteiger partial charge in [-0.3, -0.25) is 16.2 Å². The standard InChI is InChI=1S/C13H29N3O/c1-4-16(5-2)13(9-7-8-10-13)12(15-14)11-17-6-3/h12,15H,4-11,14H2,1-3H3. The van der Waals surface area contributed by atoms with Crippen LogP contribution in [0.4, 0.5) is 0 Å². The van der Waals surface area contributed by atoms with Crippen molar-refractivity contribution in [3.8, 4) is 0 Å². The van der Waals surface area contributed by atoms with Crippen molar-refractivity contribution in [2.45, 2.75) is 58.0 Å². The molecule has 102 valence electrons. The van der Waals surface area contributed by atoms with Crippen molar-refractivity contribution in [1.82, 2.24) is 10.3 Å². The molecule has 17 heavy (non-hydrogen) atoms. The van der Waals surface area contributed by atoms with Crippen LogP contribution in [0.3, 0.4) is 0 Å². The van der Waals surface area contributed by atoms with E-state index in [0.717, 1.165) is 19.7 Å². The molecule has 0 aliphatic heterocycles. The van der Waals surface area contributed by atoms with Gasteiger partial charge in [0, 0.05) is 12.1 Å². The van der Waals surface area contributed by atoms with Gasteiger partial charge in [-0.25, -0.2) is 0 Å². The van der Waals surface area contributed by atoms with Crippen molar-refractivity contribution < 1.29 is 4.74 Å². The maximum atomic E-state index is 5.77. The first-order valence-corrected chi connectivity index (χ1v) is 7.04. The Morgan fingerprint density at radius 2 is 1.82 bits per heavy atom. The van der Waals surface area contributed by atoms with Crippen LogP contribution in [0.25, 0.3) is 0 Å². The van der Waals surface area contributed by atoms with Crippen molar-refractivity contribution in [3.63, 3.8) is 0 Å². The topological polar surface area (TPSA) is 50.5 Å². The van der Waals surface area contributed by atoms with Crippen molar-refractivity contribution in [2.24, 2.45) is 5.84 Å². The summed E-state index contributed by atoms with van der Waals surface area (Å²) < 4.78 is 5.59. The molecule has 3 N–H and O–H groups in total. The van der Waals surface area contributed by atoms with Crippen LogP contribution in [0.5, 0.6) is 0 Å². The maximum absolute atomic E-state index is 5.77. The van der Waals surface area contributed by atoms with Gasteiger partial charge in [0.25, 0.3) is 0 Å². The van der Waals surface area contributed by atoms with Crippen molar-refractivity contribution in [3.05, 3.63) is 0 Å². The van der Waals surface area contributed by atoms with Crippen molar-refractivity contribution >= 4 is 0 Å². The third kappa shape index (κ3) is 3.19. The van der Waals surface area contributed by atoms with Crippen LogP contribution in [0.2, 0.25) is 0 Å². The molecule has 0 aromatic rings. The lowest BCUT2D eigenvalue weighted by atomic mass is 9.86. The van der Waals surface area contributed by atoms with Gasteiger partial charge in [0.15, 0.2) is 0 Å². The van der Waals surface area contributed by atoms with E-state index < -0.39 is 0 Å². The van der Waals surface area contributed by atoms with Gasteiger partial charge < -0.3 is 4.74 Å². The molecule has 1 aliphatic rings. The number of nitrogens with zero attached hydrogens (tertiary/aromatic N) is 1. The predicted molar refractivity (Wildman–Crippen MR) is 71.7 cm³/mol. The molecule has 0 amide bonds. The first kappa shape index (κ1) is 14.9. The molecule has 0 radical (unpaired) electrons. The Hall–Kier alpha value is -0.160. The van der Waals surface area contributed by atoms with Crippen LogP contribution >= 0.6 is 0 Å². The first-order valence-electron chi connectivity index (χ1n) is 7.04. The normalized spacial score (nSPS) is 21.0. The second-order valence-electron chi connectivity index (χ2n) is 4.86. The summed E-state index contributed by atoms with van der Waals surface area (Å²) in [5.41, 5.74) is 3.20. The van der Waals surface area contributed by atoms with E-state index in [1.165, 1.54) is 25.7 Å². The number of hydrogen-bond donors (Lipinski definition) is 2. The number of nitrogens with two attached hydrogens (primary N) is 1. The van der Waals surface area contributed by atoms with Crippen molar-refractivity contribution in [1.29, 1.82) is 0 Å². The molecule has 0 saturated heterocycles. The summed E-state index contributed by atoms with van der Waals surface area (Å²) in [7, 11) is 0. The van der Waals surface area contributed by atoms with E-state index in [9.17, 15) is 0 Å². The van der Waals surface area contributed by atoms with Crippen LogP contribution in [-0.2, 0) is 4.74 Å². The van der Waals surface area contributed by atoms with E-state index >= 15 is 0 Å². The van der Waals surface area contributed by atoms with Gasteiger partial charge in [-0.1, -0.05) is 26.7 Å². The van der Waals surface area contributed by atoms with E-state index in [1.54, 1.807) is 0 Å². The van der Waals surface area contributed by atoms with Gasteiger partial charge >= 0.3 is 0 Å². The van der Waals surface area contributed by atoms with Gasteiger partial charge in [0.05, 0.1) is 12.6 Å². The van der Waals surface area contributed by atoms with Gasteiger partial charge in [-0.15, -0.1) is 0 Å². The fourth-order valence-corrected chi connectivity index (χ4v) is 3.32. The average molecular weight is 243 g/mol. The van der Waals surface area contributed by atoms with E-state index in [0.29, 0.717) is 6.61 Å². The summed E-state index contributed by atoms with van der Waals surface area (Å²) in [6, 6.07) is 0.241. The molecular weight excluding hydrogens is 214 g/mol. The molecular formula is C13H29N3O. The summed E-state index contributed by atoms with van der Waals surface area (Å²) in [4.78, 5) is 2.56. The van der Waals surface area contributed by atoms with Crippen LogP contribution in [-0.4, -0.2) is 42.8 Å². The Morgan fingerprint density at radius 3 is 2.24 bits per heavy atom. The zero-order chi connectivity index (χ0) is 12.7. The summed E-state index contributed by atoms with van der Waals surface area (Å²) in [5, 5.41) is 0. The summed E-state index contributed by atoms with van der Waals surface area (Å²) in [6.07, 6.45) is 5.08. The lowest BCUT2D eigenvalue weighted by molar-refractivity contribution is 0.0156. The highest BCUT2D eigenvalue weighted by molar-refractivity contribution is 5.02. The highest BCUT2D eigenvalue weighted by atomic mass is 16.5. The van der Waals surface area contributed by atoms with Gasteiger partial charge in [0.1, 0.15) is 0 Å². The lowest BCUT2D eigenvalue weighted by Gasteiger charge is -2.45. The second kappa shape index (κ2) is 7.31. The molecule has 0 aromatic heterocycles. The minimum atomic E-state index is 0.202. The monoisotopic (exact) mass is 243 g/mol. The zero-order valence-corrected chi connectivity index (χ0v) is 11.7. The number of likely N-dealkylation sites (N-methyl/N-ethyl adjacent to an activating group) is 1. The molecule has 4 nitrogen and oxygen atoms in total. The zero-order valence-electron chi connectivity index (χ0n) is 11.7. The summed E-state index contributed by atoms with van der Waals surface area (Å²) >= 11 is 0. The molecule has 0 aromatic carbocycles. The highest BCUT2D eigenvalue weighted by Crippen LogP contribution is 2.38. The molecule has 1 aliphatic carbocycles. The van der Waals surface area contributed by atoms with Crippen LogP contribution < -0.4 is 11.3 Å². The van der Waals surface area contributed by atoms with Gasteiger partial charge in [0.2, 0.25) is 0 Å². The Morgan fingerprint density at radius 1 is 1.24 bits per heavy atom. The molecule has 1 unspecified atom stereocenters. The Balaban J connectivity index is 2.80. The molecule has 4 heteroatoms. The molecule has 1 fully saturated rings. The van der Waals surface area contributed by atoms with Crippen LogP contribution in [0, 0.1) is 0 Å². The predicted octanol–water partition coefficient (Wildman–Crippen LogP) is 1.51. The quantitative estimate of drug-likeness (QED) is 0.501. The largest absolute Gasteiger partial charge is 0.380 e.